The van der Waals surface area contributed by atoms with Crippen molar-refractivity contribution >= 4 is 38.9 Å². The summed E-state index contributed by atoms with van der Waals surface area (Å²) in [5.74, 6) is -0.499. The zero-order chi connectivity index (χ0) is 14.3. The molecule has 106 valence electrons. The number of hydrogen-bond donors (Lipinski definition) is 0. The molecule has 0 N–H and O–H groups in total. The summed E-state index contributed by atoms with van der Waals surface area (Å²) in [7, 11) is -2.45. The van der Waals surface area contributed by atoms with E-state index in [1.54, 1.807) is 6.92 Å². The first-order valence-corrected chi connectivity index (χ1v) is 8.38. The van der Waals surface area contributed by atoms with Gasteiger partial charge in [0.05, 0.1) is 11.4 Å². The Morgan fingerprint density at radius 1 is 1.53 bits per heavy atom. The highest BCUT2D eigenvalue weighted by Crippen LogP contribution is 2.46. The van der Waals surface area contributed by atoms with E-state index in [-0.39, 0.29) is 10.8 Å². The van der Waals surface area contributed by atoms with Gasteiger partial charge in [-0.1, -0.05) is 18.5 Å². The van der Waals surface area contributed by atoms with E-state index in [4.69, 9.17) is 16.3 Å². The van der Waals surface area contributed by atoms with E-state index in [0.717, 1.165) is 11.3 Å². The predicted octanol–water partition coefficient (Wildman–Crippen LogP) is 2.12. The summed E-state index contributed by atoms with van der Waals surface area (Å²) in [6, 6.07) is 2.99. The molecule has 0 aromatic carbocycles. The first-order valence-electron chi connectivity index (χ1n) is 5.75. The number of likely N-dealkylation sites (N-methyl/N-ethyl adjacent to an activating group) is 1. The summed E-state index contributed by atoms with van der Waals surface area (Å²) in [5, 5.41) is 0. The SMILES string of the molecule is CCN(C1(C(=O)OC)CC1)S(=O)(=O)c1ccc(Cl)s1. The van der Waals surface area contributed by atoms with E-state index in [1.807, 2.05) is 0 Å². The van der Waals surface area contributed by atoms with Crippen molar-refractivity contribution in [3.63, 3.8) is 0 Å². The second-order valence-electron chi connectivity index (χ2n) is 4.25. The van der Waals surface area contributed by atoms with Crippen molar-refractivity contribution < 1.29 is 17.9 Å². The number of halogens is 1. The molecule has 0 saturated heterocycles. The monoisotopic (exact) mass is 323 g/mol. The minimum absolute atomic E-state index is 0.148. The highest BCUT2D eigenvalue weighted by molar-refractivity contribution is 7.91. The Kier molecular flexibility index (Phi) is 3.92. The van der Waals surface area contributed by atoms with Crippen LogP contribution < -0.4 is 0 Å². The maximum Gasteiger partial charge on any atom is 0.327 e. The Morgan fingerprint density at radius 3 is 2.53 bits per heavy atom. The number of thiophene rings is 1. The third kappa shape index (κ3) is 2.40. The number of methoxy groups -OCH3 is 1. The Labute approximate surface area is 121 Å². The summed E-state index contributed by atoms with van der Waals surface area (Å²) < 4.78 is 31.6. The molecule has 0 amide bonds. The Morgan fingerprint density at radius 2 is 2.16 bits per heavy atom. The van der Waals surface area contributed by atoms with Gasteiger partial charge in [0.2, 0.25) is 0 Å². The first kappa shape index (κ1) is 14.8. The fourth-order valence-electron chi connectivity index (χ4n) is 2.11. The molecular weight excluding hydrogens is 310 g/mol. The molecule has 19 heavy (non-hydrogen) atoms. The van der Waals surface area contributed by atoms with Gasteiger partial charge < -0.3 is 4.74 Å². The molecule has 0 radical (unpaired) electrons. The van der Waals surface area contributed by atoms with Gasteiger partial charge in [0.1, 0.15) is 9.75 Å². The van der Waals surface area contributed by atoms with Crippen molar-refractivity contribution in [2.45, 2.75) is 29.5 Å². The molecule has 1 aromatic heterocycles. The maximum atomic E-state index is 12.6. The van der Waals surface area contributed by atoms with Crippen LogP contribution in [0.2, 0.25) is 4.34 Å². The molecule has 1 saturated carbocycles. The molecule has 1 fully saturated rings. The molecule has 1 aliphatic carbocycles. The highest BCUT2D eigenvalue weighted by atomic mass is 35.5. The van der Waals surface area contributed by atoms with Crippen LogP contribution in [0.15, 0.2) is 16.3 Å². The van der Waals surface area contributed by atoms with E-state index in [9.17, 15) is 13.2 Å². The molecule has 1 aromatic rings. The molecule has 8 heteroatoms. The third-order valence-electron chi connectivity index (χ3n) is 3.15. The lowest BCUT2D eigenvalue weighted by atomic mass is 10.3. The zero-order valence-electron chi connectivity index (χ0n) is 10.6. The van der Waals surface area contributed by atoms with Crippen molar-refractivity contribution in [3.8, 4) is 0 Å². The molecule has 0 aliphatic heterocycles. The lowest BCUT2D eigenvalue weighted by molar-refractivity contribution is -0.146. The van der Waals surface area contributed by atoms with Crippen LogP contribution in [0.25, 0.3) is 0 Å². The van der Waals surface area contributed by atoms with E-state index >= 15 is 0 Å². The summed E-state index contributed by atoms with van der Waals surface area (Å²) in [4.78, 5) is 11.8. The van der Waals surface area contributed by atoms with Crippen LogP contribution in [0.1, 0.15) is 19.8 Å². The molecule has 1 aliphatic rings. The van der Waals surface area contributed by atoms with E-state index in [0.29, 0.717) is 17.2 Å². The molecule has 0 unspecified atom stereocenters. The van der Waals surface area contributed by atoms with Gasteiger partial charge in [0.15, 0.2) is 0 Å². The van der Waals surface area contributed by atoms with Crippen molar-refractivity contribution in [1.82, 2.24) is 4.31 Å². The minimum Gasteiger partial charge on any atom is -0.468 e. The van der Waals surface area contributed by atoms with Crippen molar-refractivity contribution in [2.24, 2.45) is 0 Å². The molecular formula is C11H14ClNO4S2. The second-order valence-corrected chi connectivity index (χ2v) is 8.06. The molecule has 1 heterocycles. The first-order chi connectivity index (χ1) is 8.88. The molecule has 0 bridgehead atoms. The largest absolute Gasteiger partial charge is 0.468 e. The van der Waals surface area contributed by atoms with Crippen LogP contribution in [-0.2, 0) is 19.6 Å². The number of nitrogens with zero attached hydrogens (tertiary/aromatic N) is 1. The second kappa shape index (κ2) is 5.05. The van der Waals surface area contributed by atoms with E-state index in [2.05, 4.69) is 0 Å². The quantitative estimate of drug-likeness (QED) is 0.779. The number of rotatable bonds is 5. The van der Waals surface area contributed by atoms with Gasteiger partial charge in [0, 0.05) is 6.54 Å². The van der Waals surface area contributed by atoms with Crippen molar-refractivity contribution in [1.29, 1.82) is 0 Å². The van der Waals surface area contributed by atoms with Crippen LogP contribution >= 0.6 is 22.9 Å². The summed E-state index contributed by atoms with van der Waals surface area (Å²) in [5.41, 5.74) is -1.03. The molecule has 0 spiro atoms. The summed E-state index contributed by atoms with van der Waals surface area (Å²) in [6.45, 7) is 1.92. The summed E-state index contributed by atoms with van der Waals surface area (Å²) >= 11 is 6.76. The lowest BCUT2D eigenvalue weighted by Crippen LogP contribution is -2.47. The van der Waals surface area contributed by atoms with E-state index in [1.165, 1.54) is 23.5 Å². The van der Waals surface area contributed by atoms with Crippen LogP contribution in [0, 0.1) is 0 Å². The number of hydrogen-bond acceptors (Lipinski definition) is 5. The highest BCUT2D eigenvalue weighted by Gasteiger charge is 2.59. The van der Waals surface area contributed by atoms with Crippen LogP contribution in [-0.4, -0.2) is 37.9 Å². The Hall–Kier alpha value is -0.630. The average Bonchev–Trinajstić information content (AvgIpc) is 3.03. The fourth-order valence-corrected chi connectivity index (χ4v) is 5.50. The number of ether oxygens (including phenoxy) is 1. The number of esters is 1. The fraction of sp³-hybridized carbons (Fsp3) is 0.545. The molecule has 5 nitrogen and oxygen atoms in total. The van der Waals surface area contributed by atoms with Gasteiger partial charge in [-0.3, -0.25) is 4.79 Å². The predicted molar refractivity (Wildman–Crippen MR) is 72.9 cm³/mol. The average molecular weight is 324 g/mol. The smallest absolute Gasteiger partial charge is 0.327 e. The lowest BCUT2D eigenvalue weighted by Gasteiger charge is -2.27. The summed E-state index contributed by atoms with van der Waals surface area (Å²) in [6.07, 6.45) is 0.984. The molecule has 0 atom stereocenters. The van der Waals surface area contributed by atoms with Crippen LogP contribution in [0.5, 0.6) is 0 Å². The van der Waals surface area contributed by atoms with Crippen molar-refractivity contribution in [3.05, 3.63) is 16.5 Å². The van der Waals surface area contributed by atoms with Crippen LogP contribution in [0.3, 0.4) is 0 Å². The third-order valence-corrected chi connectivity index (χ3v) is 6.89. The van der Waals surface area contributed by atoms with Gasteiger partial charge in [-0.25, -0.2) is 8.42 Å². The zero-order valence-corrected chi connectivity index (χ0v) is 12.9. The number of carbonyl (C=O) groups excluding carboxylic acids is 1. The van der Waals surface area contributed by atoms with Gasteiger partial charge in [-0.2, -0.15) is 4.31 Å². The minimum atomic E-state index is -3.71. The van der Waals surface area contributed by atoms with Gasteiger partial charge in [-0.05, 0) is 25.0 Å². The number of sulfonamides is 1. The topological polar surface area (TPSA) is 63.7 Å². The Bertz CT molecular complexity index is 592. The molecule has 2 rings (SSSR count). The Balaban J connectivity index is 2.40. The van der Waals surface area contributed by atoms with E-state index < -0.39 is 21.5 Å². The van der Waals surface area contributed by atoms with Crippen LogP contribution in [0.4, 0.5) is 0 Å². The van der Waals surface area contributed by atoms with Crippen molar-refractivity contribution in [2.75, 3.05) is 13.7 Å². The van der Waals surface area contributed by atoms with Gasteiger partial charge in [-0.15, -0.1) is 11.3 Å². The normalized spacial score (nSPS) is 17.5. The number of carbonyl (C=O) groups is 1. The standard InChI is InChI=1S/C11H14ClNO4S2/c1-3-13(11(6-7-11)10(14)17-2)19(15,16)9-5-4-8(12)18-9/h4-5H,3,6-7H2,1-2H3. The van der Waals surface area contributed by atoms with Gasteiger partial charge >= 0.3 is 5.97 Å². The maximum absolute atomic E-state index is 12.6. The van der Waals surface area contributed by atoms with Gasteiger partial charge in [0.25, 0.3) is 10.0 Å².